The van der Waals surface area contributed by atoms with E-state index in [1.165, 1.54) is 0 Å². The van der Waals surface area contributed by atoms with E-state index >= 15 is 0 Å². The predicted molar refractivity (Wildman–Crippen MR) is 58.1 cm³/mol. The first kappa shape index (κ1) is 11.1. The number of nitrogens with one attached hydrogen (secondary N) is 1. The summed E-state index contributed by atoms with van der Waals surface area (Å²) in [6, 6.07) is 2.03. The lowest BCUT2D eigenvalue weighted by atomic mass is 10.1. The van der Waals surface area contributed by atoms with Gasteiger partial charge in [-0.25, -0.2) is 9.97 Å². The Balaban J connectivity index is 2.83. The number of aromatic nitrogens is 2. The van der Waals surface area contributed by atoms with Crippen LogP contribution in [-0.4, -0.2) is 17.0 Å². The van der Waals surface area contributed by atoms with Gasteiger partial charge < -0.3 is 5.32 Å². The summed E-state index contributed by atoms with van der Waals surface area (Å²) in [6.45, 7) is 7.20. The van der Waals surface area contributed by atoms with Crippen LogP contribution in [0, 0.1) is 12.8 Å². The molecule has 3 heteroatoms. The van der Waals surface area contributed by atoms with Crippen molar-refractivity contribution in [3.63, 3.8) is 0 Å². The zero-order valence-corrected chi connectivity index (χ0v) is 9.46. The highest BCUT2D eigenvalue weighted by Gasteiger charge is 2.03. The molecule has 14 heavy (non-hydrogen) atoms. The van der Waals surface area contributed by atoms with Crippen molar-refractivity contribution in [2.24, 2.45) is 5.92 Å². The lowest BCUT2D eigenvalue weighted by Crippen LogP contribution is -2.11. The Morgan fingerprint density at radius 1 is 1.36 bits per heavy atom. The zero-order chi connectivity index (χ0) is 10.6. The molecule has 1 aromatic heterocycles. The fourth-order valence-electron chi connectivity index (χ4n) is 1.43. The van der Waals surface area contributed by atoms with Crippen molar-refractivity contribution in [1.82, 2.24) is 15.3 Å². The van der Waals surface area contributed by atoms with Crippen LogP contribution in [0.4, 0.5) is 0 Å². The topological polar surface area (TPSA) is 37.8 Å². The van der Waals surface area contributed by atoms with Crippen molar-refractivity contribution in [1.29, 1.82) is 0 Å². The highest BCUT2D eigenvalue weighted by atomic mass is 14.9. The first-order chi connectivity index (χ1) is 6.61. The van der Waals surface area contributed by atoms with Crippen LogP contribution >= 0.6 is 0 Å². The van der Waals surface area contributed by atoms with Crippen molar-refractivity contribution in [2.45, 2.75) is 33.7 Å². The van der Waals surface area contributed by atoms with Gasteiger partial charge in [0.25, 0.3) is 0 Å². The molecule has 0 saturated heterocycles. The second-order valence-electron chi connectivity index (χ2n) is 4.05. The van der Waals surface area contributed by atoms with Gasteiger partial charge in [0.05, 0.1) is 5.69 Å². The molecule has 0 radical (unpaired) electrons. The van der Waals surface area contributed by atoms with Gasteiger partial charge in [-0.1, -0.05) is 13.8 Å². The van der Waals surface area contributed by atoms with Gasteiger partial charge in [0, 0.05) is 18.7 Å². The number of aryl methyl sites for hydroxylation is 1. The van der Waals surface area contributed by atoms with Crippen LogP contribution in [0.5, 0.6) is 0 Å². The maximum atomic E-state index is 4.49. The minimum atomic E-state index is 0.610. The van der Waals surface area contributed by atoms with Crippen molar-refractivity contribution in [2.75, 3.05) is 7.05 Å². The molecule has 0 bridgehead atoms. The molecule has 0 atom stereocenters. The van der Waals surface area contributed by atoms with Gasteiger partial charge in [0.2, 0.25) is 0 Å². The second kappa shape index (κ2) is 5.05. The summed E-state index contributed by atoms with van der Waals surface area (Å²) in [4.78, 5) is 8.91. The predicted octanol–water partition coefficient (Wildman–Crippen LogP) is 1.70. The lowest BCUT2D eigenvalue weighted by Gasteiger charge is -2.07. The minimum Gasteiger partial charge on any atom is -0.314 e. The SMILES string of the molecule is CNCc1cc(C)nc(CC(C)C)n1. The van der Waals surface area contributed by atoms with E-state index < -0.39 is 0 Å². The third kappa shape index (κ3) is 3.42. The van der Waals surface area contributed by atoms with Crippen LogP contribution in [0.15, 0.2) is 6.07 Å². The average molecular weight is 193 g/mol. The Morgan fingerprint density at radius 2 is 2.07 bits per heavy atom. The Bertz CT molecular complexity index is 295. The van der Waals surface area contributed by atoms with Gasteiger partial charge in [-0.15, -0.1) is 0 Å². The largest absolute Gasteiger partial charge is 0.314 e. The van der Waals surface area contributed by atoms with Crippen LogP contribution in [0.25, 0.3) is 0 Å². The highest BCUT2D eigenvalue weighted by Crippen LogP contribution is 2.05. The Hall–Kier alpha value is -0.960. The first-order valence-electron chi connectivity index (χ1n) is 5.10. The fourth-order valence-corrected chi connectivity index (χ4v) is 1.43. The Morgan fingerprint density at radius 3 is 2.64 bits per heavy atom. The summed E-state index contributed by atoms with van der Waals surface area (Å²) < 4.78 is 0. The van der Waals surface area contributed by atoms with Crippen LogP contribution in [0.2, 0.25) is 0 Å². The van der Waals surface area contributed by atoms with Crippen LogP contribution in [0.3, 0.4) is 0 Å². The van der Waals surface area contributed by atoms with Crippen LogP contribution in [0.1, 0.15) is 31.1 Å². The second-order valence-corrected chi connectivity index (χ2v) is 4.05. The molecule has 0 saturated carbocycles. The van der Waals surface area contributed by atoms with Gasteiger partial charge in [0.15, 0.2) is 0 Å². The van der Waals surface area contributed by atoms with Gasteiger partial charge in [-0.3, -0.25) is 0 Å². The number of hydrogen-bond donors (Lipinski definition) is 1. The molecule has 0 spiro atoms. The quantitative estimate of drug-likeness (QED) is 0.791. The number of rotatable bonds is 4. The van der Waals surface area contributed by atoms with E-state index in [9.17, 15) is 0 Å². The highest BCUT2D eigenvalue weighted by molar-refractivity contribution is 5.10. The molecule has 0 aliphatic heterocycles. The summed E-state index contributed by atoms with van der Waals surface area (Å²) in [5, 5.41) is 3.10. The summed E-state index contributed by atoms with van der Waals surface area (Å²) in [5.74, 6) is 1.57. The van der Waals surface area contributed by atoms with E-state index in [4.69, 9.17) is 0 Å². The number of hydrogen-bond acceptors (Lipinski definition) is 3. The molecule has 1 rings (SSSR count). The van der Waals surface area contributed by atoms with Gasteiger partial charge in [-0.05, 0) is 26.0 Å². The maximum Gasteiger partial charge on any atom is 0.129 e. The van der Waals surface area contributed by atoms with Crippen molar-refractivity contribution < 1.29 is 0 Å². The van der Waals surface area contributed by atoms with E-state index in [-0.39, 0.29) is 0 Å². The number of nitrogens with zero attached hydrogens (tertiary/aromatic N) is 2. The van der Waals surface area contributed by atoms with Crippen molar-refractivity contribution in [3.8, 4) is 0 Å². The molecular weight excluding hydrogens is 174 g/mol. The molecular formula is C11H19N3. The van der Waals surface area contributed by atoms with Gasteiger partial charge >= 0.3 is 0 Å². The van der Waals surface area contributed by atoms with E-state index in [0.29, 0.717) is 5.92 Å². The van der Waals surface area contributed by atoms with E-state index in [1.54, 1.807) is 0 Å². The third-order valence-corrected chi connectivity index (χ3v) is 1.90. The van der Waals surface area contributed by atoms with Gasteiger partial charge in [0.1, 0.15) is 5.82 Å². The first-order valence-corrected chi connectivity index (χ1v) is 5.10. The summed E-state index contributed by atoms with van der Waals surface area (Å²) in [6.07, 6.45) is 0.957. The molecule has 0 unspecified atom stereocenters. The molecule has 1 heterocycles. The van der Waals surface area contributed by atoms with Crippen molar-refractivity contribution in [3.05, 3.63) is 23.3 Å². The van der Waals surface area contributed by atoms with E-state index in [1.807, 2.05) is 20.0 Å². The Labute approximate surface area is 86.0 Å². The molecule has 0 aliphatic carbocycles. The average Bonchev–Trinajstić information content (AvgIpc) is 2.01. The third-order valence-electron chi connectivity index (χ3n) is 1.90. The molecule has 3 nitrogen and oxygen atoms in total. The molecule has 0 amide bonds. The molecule has 0 aromatic carbocycles. The van der Waals surface area contributed by atoms with Crippen LogP contribution < -0.4 is 5.32 Å². The van der Waals surface area contributed by atoms with E-state index in [2.05, 4.69) is 29.1 Å². The molecule has 1 N–H and O–H groups in total. The van der Waals surface area contributed by atoms with Crippen molar-refractivity contribution >= 4 is 0 Å². The molecule has 78 valence electrons. The normalized spacial score (nSPS) is 10.9. The lowest BCUT2D eigenvalue weighted by molar-refractivity contribution is 0.613. The molecule has 0 fully saturated rings. The van der Waals surface area contributed by atoms with E-state index in [0.717, 1.165) is 30.2 Å². The minimum absolute atomic E-state index is 0.610. The fraction of sp³-hybridized carbons (Fsp3) is 0.636. The standard InChI is InChI=1S/C11H19N3/c1-8(2)5-11-13-9(3)6-10(14-11)7-12-4/h6,8,12H,5,7H2,1-4H3. The molecule has 1 aromatic rings. The summed E-state index contributed by atoms with van der Waals surface area (Å²) >= 11 is 0. The summed E-state index contributed by atoms with van der Waals surface area (Å²) in [7, 11) is 1.93. The Kier molecular flexibility index (Phi) is 4.01. The zero-order valence-electron chi connectivity index (χ0n) is 9.46. The van der Waals surface area contributed by atoms with Crippen LogP contribution in [-0.2, 0) is 13.0 Å². The maximum absolute atomic E-state index is 4.49. The monoisotopic (exact) mass is 193 g/mol. The smallest absolute Gasteiger partial charge is 0.129 e. The summed E-state index contributed by atoms with van der Waals surface area (Å²) in [5.41, 5.74) is 2.14. The van der Waals surface area contributed by atoms with Gasteiger partial charge in [-0.2, -0.15) is 0 Å². The molecule has 0 aliphatic rings.